The molecule has 0 bridgehead atoms. The van der Waals surface area contributed by atoms with Gasteiger partial charge in [-0.1, -0.05) is 12.1 Å². The van der Waals surface area contributed by atoms with Crippen molar-refractivity contribution in [3.05, 3.63) is 81.6 Å². The summed E-state index contributed by atoms with van der Waals surface area (Å²) in [7, 11) is 0. The average molecular weight is 833 g/mol. The molecule has 5 amide bonds. The molecule has 2 saturated heterocycles. The number of piperidine rings is 1. The number of imide groups is 2. The Morgan fingerprint density at radius 2 is 1.83 bits per heavy atom. The zero-order valence-electron chi connectivity index (χ0n) is 33.7. The third-order valence-electron chi connectivity index (χ3n) is 12.0. The molecular weight excluding hydrogens is 785 g/mol. The van der Waals surface area contributed by atoms with E-state index in [-0.39, 0.29) is 41.5 Å². The standard InChI is InChI=1S/C44H48N8O7S/c1-44(2,58)30-20-34-36(21-33(30)48-39(54)32-10-3-6-27(22-45)47-32)60-41(49-34)26-13-11-25(12-14-26)23-51-18-19-59-28(24-51)7-5-17-46-31-9-4-8-29-38(31)43(57)52(42(29)56)35-15-16-37(53)50-40(35)55/h3-4,6,8-10,20-21,25-26,28,35,46,58H,5,7,11-19,23-24H2,1-2H3,(H,48,54)(H,50,53,55)/t25?,26?,28-,35?/m1/s1. The normalized spacial score (nSPS) is 22.4. The first-order valence-corrected chi connectivity index (χ1v) is 21.5. The van der Waals surface area contributed by atoms with Crippen molar-refractivity contribution in [2.75, 3.05) is 43.4 Å². The summed E-state index contributed by atoms with van der Waals surface area (Å²) in [4.78, 5) is 76.5. The number of nitrogens with zero attached hydrogens (tertiary/aromatic N) is 5. The van der Waals surface area contributed by atoms with Crippen LogP contribution in [0.2, 0.25) is 0 Å². The predicted octanol–water partition coefficient (Wildman–Crippen LogP) is 5.31. The molecule has 2 aromatic carbocycles. The number of ether oxygens (including phenoxy) is 1. The van der Waals surface area contributed by atoms with Crippen LogP contribution in [0.3, 0.4) is 0 Å². The van der Waals surface area contributed by atoms with Gasteiger partial charge < -0.3 is 20.5 Å². The summed E-state index contributed by atoms with van der Waals surface area (Å²) in [6.45, 7) is 7.37. The van der Waals surface area contributed by atoms with Gasteiger partial charge in [-0.3, -0.25) is 39.1 Å². The minimum Gasteiger partial charge on any atom is -0.386 e. The maximum Gasteiger partial charge on any atom is 0.274 e. The molecule has 15 nitrogen and oxygen atoms in total. The first-order chi connectivity index (χ1) is 28.9. The maximum atomic E-state index is 13.4. The number of aliphatic hydroxyl groups is 1. The minimum absolute atomic E-state index is 0.0731. The number of hydrogen-bond donors (Lipinski definition) is 4. The van der Waals surface area contributed by atoms with Gasteiger partial charge in [-0.15, -0.1) is 11.3 Å². The molecule has 0 radical (unpaired) electrons. The van der Waals surface area contributed by atoms with Crippen LogP contribution in [0, 0.1) is 17.2 Å². The monoisotopic (exact) mass is 832 g/mol. The van der Waals surface area contributed by atoms with E-state index in [1.54, 1.807) is 55.5 Å². The fourth-order valence-electron chi connectivity index (χ4n) is 8.88. The third kappa shape index (κ3) is 8.66. The molecule has 2 aromatic heterocycles. The second-order valence-corrected chi connectivity index (χ2v) is 17.7. The number of amides is 5. The van der Waals surface area contributed by atoms with Gasteiger partial charge in [-0.2, -0.15) is 5.26 Å². The van der Waals surface area contributed by atoms with Gasteiger partial charge in [0.1, 0.15) is 23.5 Å². The highest BCUT2D eigenvalue weighted by Gasteiger charge is 2.45. The minimum atomic E-state index is -1.24. The van der Waals surface area contributed by atoms with E-state index < -0.39 is 41.2 Å². The average Bonchev–Trinajstić information content (AvgIpc) is 3.76. The lowest BCUT2D eigenvalue weighted by Crippen LogP contribution is -2.54. The Hall–Kier alpha value is -5.60. The van der Waals surface area contributed by atoms with Crippen molar-refractivity contribution in [2.24, 2.45) is 5.92 Å². The van der Waals surface area contributed by atoms with Crippen molar-refractivity contribution in [3.63, 3.8) is 0 Å². The van der Waals surface area contributed by atoms with E-state index >= 15 is 0 Å². The summed E-state index contributed by atoms with van der Waals surface area (Å²) in [6.07, 6.45) is 6.19. The number of nitriles is 1. The Balaban J connectivity index is 0.818. The molecule has 0 spiro atoms. The SMILES string of the molecule is CC(C)(O)c1cc2nc(C3CCC(CN4CCO[C@H](CCCNc5cccc6c5C(=O)N(C5CCC(=O)NC5=O)C6=O)C4)CC3)sc2cc1NC(=O)c1cccc(C#N)n1. The first-order valence-electron chi connectivity index (χ1n) is 20.6. The second-order valence-electron chi connectivity index (χ2n) is 16.7. The van der Waals surface area contributed by atoms with Gasteiger partial charge in [0.2, 0.25) is 11.8 Å². The molecule has 3 aliphatic heterocycles. The Kier molecular flexibility index (Phi) is 11.8. The largest absolute Gasteiger partial charge is 0.386 e. The zero-order chi connectivity index (χ0) is 42.1. The van der Waals surface area contributed by atoms with E-state index in [9.17, 15) is 34.3 Å². The second kappa shape index (κ2) is 17.2. The molecule has 2 atom stereocenters. The summed E-state index contributed by atoms with van der Waals surface area (Å²) in [6, 6.07) is 14.5. The van der Waals surface area contributed by atoms with Crippen molar-refractivity contribution in [1.82, 2.24) is 25.1 Å². The number of fused-ring (bicyclic) bond motifs is 2. The topological polar surface area (TPSA) is 207 Å². The summed E-state index contributed by atoms with van der Waals surface area (Å²) in [5.41, 5.74) is 1.92. The van der Waals surface area contributed by atoms with Crippen LogP contribution in [0.4, 0.5) is 11.4 Å². The Bertz CT molecular complexity index is 2400. The first kappa shape index (κ1) is 41.1. The molecule has 5 heterocycles. The molecule has 1 aliphatic carbocycles. The third-order valence-corrected chi connectivity index (χ3v) is 13.2. The van der Waals surface area contributed by atoms with E-state index in [4.69, 9.17) is 9.72 Å². The van der Waals surface area contributed by atoms with Crippen molar-refractivity contribution in [2.45, 2.75) is 88.9 Å². The number of hydrogen-bond acceptors (Lipinski definition) is 13. The van der Waals surface area contributed by atoms with Crippen molar-refractivity contribution in [1.29, 1.82) is 5.26 Å². The maximum absolute atomic E-state index is 13.4. The van der Waals surface area contributed by atoms with Crippen molar-refractivity contribution >= 4 is 62.5 Å². The molecule has 4 N–H and O–H groups in total. The van der Waals surface area contributed by atoms with Gasteiger partial charge in [-0.05, 0) is 101 Å². The number of rotatable bonds is 12. The number of morpholine rings is 1. The molecule has 1 saturated carbocycles. The van der Waals surface area contributed by atoms with Crippen LogP contribution in [0.25, 0.3) is 10.2 Å². The van der Waals surface area contributed by atoms with Gasteiger partial charge in [-0.25, -0.2) is 9.97 Å². The molecule has 1 unspecified atom stereocenters. The Morgan fingerprint density at radius 1 is 1.03 bits per heavy atom. The van der Waals surface area contributed by atoms with Crippen LogP contribution < -0.4 is 16.0 Å². The molecule has 4 aromatic rings. The van der Waals surface area contributed by atoms with Crippen molar-refractivity contribution < 1.29 is 33.8 Å². The lowest BCUT2D eigenvalue weighted by molar-refractivity contribution is -0.136. The number of nitrogens with one attached hydrogen (secondary N) is 3. The van der Waals surface area contributed by atoms with E-state index in [0.29, 0.717) is 41.9 Å². The van der Waals surface area contributed by atoms with Gasteiger partial charge in [0, 0.05) is 55.5 Å². The number of benzene rings is 2. The van der Waals surface area contributed by atoms with Gasteiger partial charge in [0.25, 0.3) is 17.7 Å². The van der Waals surface area contributed by atoms with Crippen molar-refractivity contribution in [3.8, 4) is 6.07 Å². The number of aromatic nitrogens is 2. The number of pyridine rings is 1. The molecule has 60 heavy (non-hydrogen) atoms. The quantitative estimate of drug-likeness (QED) is 0.106. The lowest BCUT2D eigenvalue weighted by Gasteiger charge is -2.37. The molecule has 16 heteroatoms. The lowest BCUT2D eigenvalue weighted by atomic mass is 9.82. The highest BCUT2D eigenvalue weighted by atomic mass is 32.1. The van der Waals surface area contributed by atoms with Crippen LogP contribution in [0.1, 0.15) is 119 Å². The molecule has 312 valence electrons. The Morgan fingerprint density at radius 3 is 2.60 bits per heavy atom. The fourth-order valence-corrected chi connectivity index (χ4v) is 10.0. The Labute approximate surface area is 351 Å². The highest BCUT2D eigenvalue weighted by Crippen LogP contribution is 2.42. The smallest absolute Gasteiger partial charge is 0.274 e. The fraction of sp³-hybridized carbons (Fsp3) is 0.455. The summed E-state index contributed by atoms with van der Waals surface area (Å²) < 4.78 is 7.08. The number of thiazole rings is 1. The van der Waals surface area contributed by atoms with Crippen LogP contribution in [0.5, 0.6) is 0 Å². The predicted molar refractivity (Wildman–Crippen MR) is 223 cm³/mol. The molecule has 8 rings (SSSR count). The number of carbonyl (C=O) groups is 5. The molecule has 4 aliphatic rings. The van der Waals surface area contributed by atoms with Crippen LogP contribution in [-0.2, 0) is 19.9 Å². The van der Waals surface area contributed by atoms with Gasteiger partial charge in [0.15, 0.2) is 0 Å². The summed E-state index contributed by atoms with van der Waals surface area (Å²) in [5, 5.41) is 29.8. The highest BCUT2D eigenvalue weighted by molar-refractivity contribution is 7.18. The summed E-state index contributed by atoms with van der Waals surface area (Å²) >= 11 is 1.63. The summed E-state index contributed by atoms with van der Waals surface area (Å²) in [5.74, 6) is -1.62. The van der Waals surface area contributed by atoms with E-state index in [1.807, 2.05) is 18.2 Å². The van der Waals surface area contributed by atoms with E-state index in [1.165, 1.54) is 6.07 Å². The van der Waals surface area contributed by atoms with Gasteiger partial charge >= 0.3 is 0 Å². The van der Waals surface area contributed by atoms with Crippen LogP contribution >= 0.6 is 11.3 Å². The number of carbonyl (C=O) groups excluding carboxylic acids is 5. The molecule has 3 fully saturated rings. The van der Waals surface area contributed by atoms with Gasteiger partial charge in [0.05, 0.1) is 44.7 Å². The number of anilines is 2. The van der Waals surface area contributed by atoms with E-state index in [0.717, 1.165) is 78.3 Å². The van der Waals surface area contributed by atoms with E-state index in [2.05, 4.69) is 25.8 Å². The van der Waals surface area contributed by atoms with Crippen LogP contribution in [0.15, 0.2) is 48.5 Å². The van der Waals surface area contributed by atoms with Crippen LogP contribution in [-0.4, -0.2) is 99.3 Å². The zero-order valence-corrected chi connectivity index (χ0v) is 34.5. The molecular formula is C44H48N8O7S.